The average Bonchev–Trinajstić information content (AvgIpc) is 3.24. The topological polar surface area (TPSA) is 40.1 Å². The van der Waals surface area contributed by atoms with E-state index in [9.17, 15) is 0 Å². The number of guanidine groups is 1. The Morgan fingerprint density at radius 3 is 2.91 bits per heavy atom. The molecule has 3 heterocycles. The third-order valence-electron chi connectivity index (χ3n) is 4.47. The molecule has 0 aromatic carbocycles. The van der Waals surface area contributed by atoms with E-state index < -0.39 is 0 Å². The minimum atomic E-state index is 0. The fourth-order valence-corrected chi connectivity index (χ4v) is 3.97. The number of ether oxygens (including phenoxy) is 1. The Kier molecular flexibility index (Phi) is 8.08. The summed E-state index contributed by atoms with van der Waals surface area (Å²) < 4.78 is 5.45. The van der Waals surface area contributed by atoms with E-state index in [1.807, 2.05) is 18.4 Å². The molecule has 0 saturated carbocycles. The van der Waals surface area contributed by atoms with Gasteiger partial charge in [-0.25, -0.2) is 0 Å². The highest BCUT2D eigenvalue weighted by Crippen LogP contribution is 2.17. The van der Waals surface area contributed by atoms with Gasteiger partial charge in [0.15, 0.2) is 5.96 Å². The first kappa shape index (κ1) is 19.0. The van der Waals surface area contributed by atoms with E-state index in [1.165, 1.54) is 11.3 Å². The zero-order valence-corrected chi connectivity index (χ0v) is 16.9. The maximum atomic E-state index is 5.45. The predicted molar refractivity (Wildman–Crippen MR) is 107 cm³/mol. The molecular formula is C16H27IN4OS. The highest BCUT2D eigenvalue weighted by atomic mass is 127. The molecule has 2 aliphatic heterocycles. The molecule has 7 heteroatoms. The summed E-state index contributed by atoms with van der Waals surface area (Å²) in [6.45, 7) is 7.03. The summed E-state index contributed by atoms with van der Waals surface area (Å²) in [4.78, 5) is 10.9. The van der Waals surface area contributed by atoms with Crippen molar-refractivity contribution in [1.82, 2.24) is 15.1 Å². The van der Waals surface area contributed by atoms with Crippen molar-refractivity contribution in [3.63, 3.8) is 0 Å². The molecule has 2 fully saturated rings. The molecule has 0 bridgehead atoms. The van der Waals surface area contributed by atoms with Crippen LogP contribution in [0.25, 0.3) is 0 Å². The van der Waals surface area contributed by atoms with E-state index in [-0.39, 0.29) is 24.0 Å². The van der Waals surface area contributed by atoms with Crippen LogP contribution in [0, 0.1) is 0 Å². The zero-order chi connectivity index (χ0) is 15.2. The Morgan fingerprint density at radius 2 is 2.22 bits per heavy atom. The summed E-state index contributed by atoms with van der Waals surface area (Å²) >= 11 is 1.82. The molecular weight excluding hydrogens is 423 g/mol. The van der Waals surface area contributed by atoms with Crippen molar-refractivity contribution >= 4 is 41.3 Å². The van der Waals surface area contributed by atoms with Crippen LogP contribution in [0.3, 0.4) is 0 Å². The number of hydrogen-bond acceptors (Lipinski definition) is 4. The van der Waals surface area contributed by atoms with Gasteiger partial charge in [0.25, 0.3) is 0 Å². The Morgan fingerprint density at radius 1 is 1.39 bits per heavy atom. The number of aliphatic imine (C=N–C) groups is 1. The molecule has 3 rings (SSSR count). The van der Waals surface area contributed by atoms with Crippen molar-refractivity contribution < 1.29 is 4.74 Å². The van der Waals surface area contributed by atoms with Gasteiger partial charge in [-0.15, -0.1) is 35.3 Å². The summed E-state index contributed by atoms with van der Waals surface area (Å²) in [5.41, 5.74) is 0. The summed E-state index contributed by atoms with van der Waals surface area (Å²) in [6.07, 6.45) is 2.29. The van der Waals surface area contributed by atoms with Crippen molar-refractivity contribution in [2.75, 3.05) is 53.0 Å². The number of rotatable bonds is 4. The van der Waals surface area contributed by atoms with Crippen molar-refractivity contribution in [3.8, 4) is 0 Å². The number of hydrogen-bond donors (Lipinski definition) is 1. The van der Waals surface area contributed by atoms with E-state index in [0.29, 0.717) is 6.04 Å². The van der Waals surface area contributed by atoms with Gasteiger partial charge >= 0.3 is 0 Å². The number of halogens is 1. The summed E-state index contributed by atoms with van der Waals surface area (Å²) in [5.74, 6) is 1.05. The fraction of sp³-hybridized carbons (Fsp3) is 0.688. The molecule has 0 aliphatic carbocycles. The highest BCUT2D eigenvalue weighted by Gasteiger charge is 2.30. The molecule has 5 nitrogen and oxygen atoms in total. The lowest BCUT2D eigenvalue weighted by Gasteiger charge is -2.32. The molecule has 0 amide bonds. The van der Waals surface area contributed by atoms with Crippen molar-refractivity contribution in [2.24, 2.45) is 4.99 Å². The molecule has 0 spiro atoms. The maximum absolute atomic E-state index is 5.45. The SMILES string of the molecule is CN=C(NCCc1cccs1)N1CCC(N2CCOCC2)C1.I. The van der Waals surface area contributed by atoms with E-state index in [2.05, 4.69) is 37.6 Å². The Labute approximate surface area is 160 Å². The van der Waals surface area contributed by atoms with Crippen LogP contribution in [-0.2, 0) is 11.2 Å². The summed E-state index contributed by atoms with van der Waals surface area (Å²) in [7, 11) is 1.88. The molecule has 23 heavy (non-hydrogen) atoms. The first-order valence-electron chi connectivity index (χ1n) is 8.16. The molecule has 2 aliphatic rings. The molecule has 130 valence electrons. The minimum absolute atomic E-state index is 0. The fourth-order valence-electron chi connectivity index (χ4n) is 3.26. The van der Waals surface area contributed by atoms with Crippen LogP contribution in [0.4, 0.5) is 0 Å². The summed E-state index contributed by atoms with van der Waals surface area (Å²) in [6, 6.07) is 4.96. The molecule has 1 aromatic heterocycles. The number of nitrogens with zero attached hydrogens (tertiary/aromatic N) is 3. The third-order valence-corrected chi connectivity index (χ3v) is 5.41. The van der Waals surface area contributed by atoms with Gasteiger partial charge < -0.3 is 15.0 Å². The van der Waals surface area contributed by atoms with Crippen molar-refractivity contribution in [1.29, 1.82) is 0 Å². The average molecular weight is 450 g/mol. The molecule has 0 radical (unpaired) electrons. The maximum Gasteiger partial charge on any atom is 0.193 e. The van der Waals surface area contributed by atoms with E-state index in [1.54, 1.807) is 0 Å². The molecule has 1 unspecified atom stereocenters. The standard InChI is InChI=1S/C16H26N4OS.HI/c1-17-16(18-6-4-15-3-2-12-22-15)20-7-5-14(13-20)19-8-10-21-11-9-19;/h2-3,12,14H,4-11,13H2,1H3,(H,17,18);1H. The van der Waals surface area contributed by atoms with Crippen LogP contribution in [-0.4, -0.2) is 74.8 Å². The quantitative estimate of drug-likeness (QED) is 0.432. The lowest BCUT2D eigenvalue weighted by molar-refractivity contribution is 0.0195. The van der Waals surface area contributed by atoms with E-state index in [0.717, 1.165) is 58.3 Å². The minimum Gasteiger partial charge on any atom is -0.379 e. The molecule has 1 N–H and O–H groups in total. The zero-order valence-electron chi connectivity index (χ0n) is 13.7. The van der Waals surface area contributed by atoms with Gasteiger partial charge in [-0.2, -0.15) is 0 Å². The second-order valence-electron chi connectivity index (χ2n) is 5.84. The number of morpholine rings is 1. The van der Waals surface area contributed by atoms with Crippen LogP contribution in [0.5, 0.6) is 0 Å². The van der Waals surface area contributed by atoms with Crippen molar-refractivity contribution in [3.05, 3.63) is 22.4 Å². The van der Waals surface area contributed by atoms with Crippen LogP contribution in [0.15, 0.2) is 22.5 Å². The van der Waals surface area contributed by atoms with Gasteiger partial charge in [0.2, 0.25) is 0 Å². The van der Waals surface area contributed by atoms with Gasteiger partial charge in [0, 0.05) is 50.7 Å². The lowest BCUT2D eigenvalue weighted by atomic mass is 10.2. The normalized spacial score (nSPS) is 22.9. The van der Waals surface area contributed by atoms with Gasteiger partial charge in [0.1, 0.15) is 0 Å². The Balaban J connectivity index is 0.00000192. The highest BCUT2D eigenvalue weighted by molar-refractivity contribution is 14.0. The summed E-state index contributed by atoms with van der Waals surface area (Å²) in [5, 5.41) is 5.65. The second kappa shape index (κ2) is 9.80. The number of nitrogens with one attached hydrogen (secondary N) is 1. The van der Waals surface area contributed by atoms with Gasteiger partial charge in [0.05, 0.1) is 13.2 Å². The van der Waals surface area contributed by atoms with E-state index in [4.69, 9.17) is 4.74 Å². The number of likely N-dealkylation sites (tertiary alicyclic amines) is 1. The Bertz CT molecular complexity index is 476. The largest absolute Gasteiger partial charge is 0.379 e. The lowest BCUT2D eigenvalue weighted by Crippen LogP contribution is -2.46. The predicted octanol–water partition coefficient (Wildman–Crippen LogP) is 1.89. The molecule has 1 atom stereocenters. The van der Waals surface area contributed by atoms with Crippen LogP contribution >= 0.6 is 35.3 Å². The Hall–Kier alpha value is -0.380. The molecule has 2 saturated heterocycles. The van der Waals surface area contributed by atoms with Crippen LogP contribution in [0.2, 0.25) is 0 Å². The second-order valence-corrected chi connectivity index (χ2v) is 6.87. The number of thiophene rings is 1. The van der Waals surface area contributed by atoms with E-state index >= 15 is 0 Å². The van der Waals surface area contributed by atoms with Gasteiger partial charge in [-0.1, -0.05) is 6.07 Å². The first-order chi connectivity index (χ1) is 10.9. The first-order valence-corrected chi connectivity index (χ1v) is 9.04. The monoisotopic (exact) mass is 450 g/mol. The van der Waals surface area contributed by atoms with Crippen molar-refractivity contribution in [2.45, 2.75) is 18.9 Å². The smallest absolute Gasteiger partial charge is 0.193 e. The van der Waals surface area contributed by atoms with Crippen LogP contribution < -0.4 is 5.32 Å². The third kappa shape index (κ3) is 5.30. The van der Waals surface area contributed by atoms with Gasteiger partial charge in [-0.3, -0.25) is 9.89 Å². The van der Waals surface area contributed by atoms with Crippen LogP contribution in [0.1, 0.15) is 11.3 Å². The van der Waals surface area contributed by atoms with Gasteiger partial charge in [-0.05, 0) is 24.3 Å². The molecule has 1 aromatic rings.